The number of halogens is 1. The van der Waals surface area contributed by atoms with Crippen LogP contribution in [0.4, 0.5) is 4.39 Å². The Bertz CT molecular complexity index is 566. The maximum atomic E-state index is 13.4. The first-order chi connectivity index (χ1) is 8.08. The first kappa shape index (κ1) is 11.3. The largest absolute Gasteiger partial charge is 0.481 e. The Morgan fingerprint density at radius 2 is 2.29 bits per heavy atom. The number of nitrogens with zero attached hydrogens (tertiary/aromatic N) is 3. The molecule has 0 amide bonds. The predicted octanol–water partition coefficient (Wildman–Crippen LogP) is 1.34. The second-order valence-corrected chi connectivity index (χ2v) is 3.64. The number of carboxylic acids is 1. The van der Waals surface area contributed by atoms with Crippen LogP contribution in [0, 0.1) is 12.7 Å². The normalized spacial score (nSPS) is 10.5. The molecule has 1 aromatic carbocycles. The zero-order valence-electron chi connectivity index (χ0n) is 9.09. The molecule has 1 N–H and O–H groups in total. The number of rotatable bonds is 3. The molecule has 0 atom stereocenters. The standard InChI is InChI=1S/C11H10FN3O2/c1-7-2-3-8(4-10(7)12)15-9(5-11(16)17)6-13-14-15/h2-4,6H,5H2,1H3,(H,16,17). The molecule has 1 heterocycles. The summed E-state index contributed by atoms with van der Waals surface area (Å²) in [6, 6.07) is 4.57. The fraction of sp³-hybridized carbons (Fsp3) is 0.182. The summed E-state index contributed by atoms with van der Waals surface area (Å²) in [6.45, 7) is 1.65. The number of aromatic nitrogens is 3. The second kappa shape index (κ2) is 4.32. The molecule has 0 radical (unpaired) electrons. The molecule has 0 bridgehead atoms. The van der Waals surface area contributed by atoms with Gasteiger partial charge >= 0.3 is 5.97 Å². The highest BCUT2D eigenvalue weighted by Gasteiger charge is 2.10. The van der Waals surface area contributed by atoms with Gasteiger partial charge in [-0.05, 0) is 24.6 Å². The number of hydrogen-bond acceptors (Lipinski definition) is 3. The highest BCUT2D eigenvalue weighted by molar-refractivity contribution is 5.69. The van der Waals surface area contributed by atoms with Gasteiger partial charge in [0.2, 0.25) is 0 Å². The van der Waals surface area contributed by atoms with E-state index in [0.29, 0.717) is 16.9 Å². The molecule has 0 aliphatic rings. The van der Waals surface area contributed by atoms with E-state index in [-0.39, 0.29) is 12.2 Å². The third-order valence-electron chi connectivity index (χ3n) is 2.35. The van der Waals surface area contributed by atoms with Crippen LogP contribution in [0.25, 0.3) is 5.69 Å². The summed E-state index contributed by atoms with van der Waals surface area (Å²) in [6.07, 6.45) is 1.15. The van der Waals surface area contributed by atoms with Gasteiger partial charge in [-0.3, -0.25) is 4.79 Å². The van der Waals surface area contributed by atoms with Crippen molar-refractivity contribution in [2.75, 3.05) is 0 Å². The van der Waals surface area contributed by atoms with E-state index in [1.54, 1.807) is 19.1 Å². The van der Waals surface area contributed by atoms with Crippen LogP contribution in [0.5, 0.6) is 0 Å². The summed E-state index contributed by atoms with van der Waals surface area (Å²) < 4.78 is 14.7. The third kappa shape index (κ3) is 2.30. The monoisotopic (exact) mass is 235 g/mol. The lowest BCUT2D eigenvalue weighted by Gasteiger charge is -2.05. The Balaban J connectivity index is 2.42. The van der Waals surface area contributed by atoms with Crippen LogP contribution in [0.1, 0.15) is 11.3 Å². The molecule has 1 aromatic heterocycles. The average Bonchev–Trinajstić information content (AvgIpc) is 2.69. The van der Waals surface area contributed by atoms with Crippen molar-refractivity contribution in [3.8, 4) is 5.69 Å². The summed E-state index contributed by atoms with van der Waals surface area (Å²) in [4.78, 5) is 10.6. The molecule has 0 aliphatic carbocycles. The van der Waals surface area contributed by atoms with E-state index in [4.69, 9.17) is 5.11 Å². The molecule has 88 valence electrons. The van der Waals surface area contributed by atoms with Crippen LogP contribution >= 0.6 is 0 Å². The Kier molecular flexibility index (Phi) is 2.86. The molecule has 0 fully saturated rings. The average molecular weight is 235 g/mol. The number of carbonyl (C=O) groups is 1. The topological polar surface area (TPSA) is 68.0 Å². The number of hydrogen-bond donors (Lipinski definition) is 1. The smallest absolute Gasteiger partial charge is 0.309 e. The van der Waals surface area contributed by atoms with Gasteiger partial charge in [-0.1, -0.05) is 11.3 Å². The lowest BCUT2D eigenvalue weighted by molar-refractivity contribution is -0.136. The van der Waals surface area contributed by atoms with Crippen molar-refractivity contribution in [3.63, 3.8) is 0 Å². The van der Waals surface area contributed by atoms with E-state index in [0.717, 1.165) is 0 Å². The van der Waals surface area contributed by atoms with Crippen molar-refractivity contribution >= 4 is 5.97 Å². The zero-order valence-corrected chi connectivity index (χ0v) is 9.09. The lowest BCUT2D eigenvalue weighted by atomic mass is 10.2. The van der Waals surface area contributed by atoms with Gasteiger partial charge < -0.3 is 5.11 Å². The van der Waals surface area contributed by atoms with E-state index in [2.05, 4.69) is 10.3 Å². The van der Waals surface area contributed by atoms with Gasteiger partial charge in [-0.25, -0.2) is 9.07 Å². The maximum absolute atomic E-state index is 13.4. The minimum Gasteiger partial charge on any atom is -0.481 e. The van der Waals surface area contributed by atoms with Crippen LogP contribution in [0.2, 0.25) is 0 Å². The second-order valence-electron chi connectivity index (χ2n) is 3.64. The molecular weight excluding hydrogens is 225 g/mol. The van der Waals surface area contributed by atoms with Gasteiger partial charge in [0.1, 0.15) is 5.82 Å². The fourth-order valence-electron chi connectivity index (χ4n) is 1.46. The molecule has 0 saturated carbocycles. The highest BCUT2D eigenvalue weighted by Crippen LogP contribution is 2.14. The van der Waals surface area contributed by atoms with Crippen LogP contribution in [0.3, 0.4) is 0 Å². The Morgan fingerprint density at radius 3 is 2.94 bits per heavy atom. The fourth-order valence-corrected chi connectivity index (χ4v) is 1.46. The molecular formula is C11H10FN3O2. The minimum atomic E-state index is -0.985. The Hall–Kier alpha value is -2.24. The van der Waals surface area contributed by atoms with E-state index in [1.165, 1.54) is 16.9 Å². The number of benzene rings is 1. The Morgan fingerprint density at radius 1 is 1.53 bits per heavy atom. The van der Waals surface area contributed by atoms with Crippen LogP contribution in [-0.2, 0) is 11.2 Å². The van der Waals surface area contributed by atoms with Gasteiger partial charge in [0.15, 0.2) is 0 Å². The molecule has 6 heteroatoms. The predicted molar refractivity (Wildman–Crippen MR) is 57.4 cm³/mol. The Labute approximate surface area is 96.5 Å². The van der Waals surface area contributed by atoms with E-state index >= 15 is 0 Å². The van der Waals surface area contributed by atoms with Crippen LogP contribution in [-0.4, -0.2) is 26.1 Å². The van der Waals surface area contributed by atoms with E-state index in [9.17, 15) is 9.18 Å². The zero-order chi connectivity index (χ0) is 12.4. The molecule has 17 heavy (non-hydrogen) atoms. The molecule has 0 saturated heterocycles. The van der Waals surface area contributed by atoms with Crippen molar-refractivity contribution < 1.29 is 14.3 Å². The van der Waals surface area contributed by atoms with Crippen LogP contribution < -0.4 is 0 Å². The van der Waals surface area contributed by atoms with E-state index in [1.807, 2.05) is 0 Å². The van der Waals surface area contributed by atoms with Gasteiger partial charge in [0.05, 0.1) is 24.0 Å². The molecule has 2 rings (SSSR count). The third-order valence-corrected chi connectivity index (χ3v) is 2.35. The summed E-state index contributed by atoms with van der Waals surface area (Å²) in [5.41, 5.74) is 1.39. The molecule has 0 unspecified atom stereocenters. The lowest BCUT2D eigenvalue weighted by Crippen LogP contribution is -2.08. The van der Waals surface area contributed by atoms with Crippen molar-refractivity contribution in [1.29, 1.82) is 0 Å². The minimum absolute atomic E-state index is 0.206. The van der Waals surface area contributed by atoms with Gasteiger partial charge in [-0.15, -0.1) is 5.10 Å². The van der Waals surface area contributed by atoms with Crippen molar-refractivity contribution in [2.45, 2.75) is 13.3 Å². The summed E-state index contributed by atoms with van der Waals surface area (Å²) in [5, 5.41) is 16.1. The highest BCUT2D eigenvalue weighted by atomic mass is 19.1. The molecule has 0 aliphatic heterocycles. The molecule has 5 nitrogen and oxygen atoms in total. The first-order valence-corrected chi connectivity index (χ1v) is 4.96. The molecule has 0 spiro atoms. The summed E-state index contributed by atoms with van der Waals surface area (Å²) in [7, 11) is 0. The van der Waals surface area contributed by atoms with Gasteiger partial charge in [0.25, 0.3) is 0 Å². The maximum Gasteiger partial charge on any atom is 0.309 e. The van der Waals surface area contributed by atoms with Crippen molar-refractivity contribution in [1.82, 2.24) is 15.0 Å². The van der Waals surface area contributed by atoms with Crippen molar-refractivity contribution in [3.05, 3.63) is 41.5 Å². The summed E-state index contributed by atoms with van der Waals surface area (Å²) in [5.74, 6) is -1.35. The van der Waals surface area contributed by atoms with Crippen LogP contribution in [0.15, 0.2) is 24.4 Å². The van der Waals surface area contributed by atoms with Crippen molar-refractivity contribution in [2.24, 2.45) is 0 Å². The quantitative estimate of drug-likeness (QED) is 0.871. The molecule has 2 aromatic rings. The van der Waals surface area contributed by atoms with E-state index < -0.39 is 5.97 Å². The summed E-state index contributed by atoms with van der Waals surface area (Å²) >= 11 is 0. The van der Waals surface area contributed by atoms with Gasteiger partial charge in [0, 0.05) is 0 Å². The first-order valence-electron chi connectivity index (χ1n) is 4.96. The van der Waals surface area contributed by atoms with Gasteiger partial charge in [-0.2, -0.15) is 0 Å². The number of aliphatic carboxylic acids is 1. The number of carboxylic acid groups (broad SMARTS) is 1. The number of aryl methyl sites for hydroxylation is 1. The SMILES string of the molecule is Cc1ccc(-n2nncc2CC(=O)O)cc1F.